The van der Waals surface area contributed by atoms with E-state index in [2.05, 4.69) is 118 Å². The molecule has 0 unspecified atom stereocenters. The lowest BCUT2D eigenvalue weighted by Crippen LogP contribution is -2.18. The van der Waals surface area contributed by atoms with Crippen LogP contribution in [0.4, 0.5) is 17.1 Å². The molecule has 0 bridgehead atoms. The Balaban J connectivity index is 1.18. The number of hydrogen-bond donors (Lipinski definition) is 0. The molecule has 2 aromatic heterocycles. The van der Waals surface area contributed by atoms with Crippen LogP contribution in [0.3, 0.4) is 0 Å². The zero-order chi connectivity index (χ0) is 37.4. The first-order chi connectivity index (χ1) is 26.6. The summed E-state index contributed by atoms with van der Waals surface area (Å²) < 4.78 is 12.9. The van der Waals surface area contributed by atoms with Crippen molar-refractivity contribution in [2.75, 3.05) is 4.90 Å². The minimum Gasteiger partial charge on any atom is -0.456 e. The van der Waals surface area contributed by atoms with Gasteiger partial charge in [0.1, 0.15) is 16.7 Å². The Hall–Kier alpha value is -6.72. The maximum Gasteiger partial charge on any atom is 0.200 e. The first-order valence-corrected chi connectivity index (χ1v) is 18.8. The van der Waals surface area contributed by atoms with Gasteiger partial charge in [0.2, 0.25) is 10.9 Å². The molecule has 0 spiro atoms. The summed E-state index contributed by atoms with van der Waals surface area (Å²) in [6.45, 7) is 9.14. The molecule has 5 heteroatoms. The molecule has 7 aromatic carbocycles. The first kappa shape index (κ1) is 31.8. The molecule has 0 amide bonds. The number of hydrogen-bond acceptors (Lipinski definition) is 5. The van der Waals surface area contributed by atoms with E-state index < -0.39 is 0 Å². The van der Waals surface area contributed by atoms with Crippen molar-refractivity contribution in [3.05, 3.63) is 182 Å². The zero-order valence-corrected chi connectivity index (χ0v) is 30.9. The van der Waals surface area contributed by atoms with Gasteiger partial charge in [0.25, 0.3) is 0 Å². The van der Waals surface area contributed by atoms with E-state index in [-0.39, 0.29) is 21.7 Å². The third-order valence-electron chi connectivity index (χ3n) is 12.3. The normalized spacial score (nSPS) is 14.6. The average Bonchev–Trinajstić information content (AvgIpc) is 3.57. The van der Waals surface area contributed by atoms with Gasteiger partial charge in [-0.3, -0.25) is 9.59 Å². The smallest absolute Gasteiger partial charge is 0.200 e. The molecular weight excluding hydrogens is 679 g/mol. The molecule has 0 radical (unpaired) electrons. The standard InChI is InChI=1S/C50H35NO4/c1-49(2)38-16-8-5-12-30(38)32-22-20-28(24-40(32)49)51(29-21-23-33-31-13-6-9-17-39(31)50(3,4)41(33)25-29)42-18-11-15-35-47(53)37-26-44-36(27-45(37)55-48(35)42)46(52)34-14-7-10-19-43(34)54-44/h5-27H,1-4H3. The second-order valence-corrected chi connectivity index (χ2v) is 16.0. The maximum atomic E-state index is 14.5. The first-order valence-electron chi connectivity index (χ1n) is 18.8. The Bertz CT molecular complexity index is 3170. The summed E-state index contributed by atoms with van der Waals surface area (Å²) in [5.74, 6) is 0. The second kappa shape index (κ2) is 10.9. The summed E-state index contributed by atoms with van der Waals surface area (Å²) in [4.78, 5) is 30.4. The summed E-state index contributed by atoms with van der Waals surface area (Å²) >= 11 is 0. The van der Waals surface area contributed by atoms with Crippen molar-refractivity contribution in [3.8, 4) is 22.3 Å². The van der Waals surface area contributed by atoms with E-state index in [4.69, 9.17) is 8.83 Å². The predicted octanol–water partition coefficient (Wildman–Crippen LogP) is 12.3. The van der Waals surface area contributed by atoms with E-state index in [1.54, 1.807) is 24.3 Å². The number of anilines is 3. The molecule has 55 heavy (non-hydrogen) atoms. The summed E-state index contributed by atoms with van der Waals surface area (Å²) in [6.07, 6.45) is 0. The monoisotopic (exact) mass is 713 g/mol. The fourth-order valence-corrected chi connectivity index (χ4v) is 9.42. The molecule has 0 atom stereocenters. The largest absolute Gasteiger partial charge is 0.456 e. The number of fused-ring (bicyclic) bond motifs is 10. The van der Waals surface area contributed by atoms with Gasteiger partial charge in [-0.15, -0.1) is 0 Å². The highest BCUT2D eigenvalue weighted by Gasteiger charge is 2.38. The van der Waals surface area contributed by atoms with Crippen LogP contribution in [0.25, 0.3) is 66.1 Å². The van der Waals surface area contributed by atoms with E-state index in [1.807, 2.05) is 30.3 Å². The van der Waals surface area contributed by atoms with Crippen molar-refractivity contribution in [2.24, 2.45) is 0 Å². The highest BCUT2D eigenvalue weighted by atomic mass is 16.3. The van der Waals surface area contributed by atoms with Gasteiger partial charge in [-0.25, -0.2) is 0 Å². The van der Waals surface area contributed by atoms with Gasteiger partial charge in [-0.05, 0) is 105 Å². The molecule has 0 aliphatic heterocycles. The average molecular weight is 714 g/mol. The van der Waals surface area contributed by atoms with Gasteiger partial charge < -0.3 is 13.7 Å². The summed E-state index contributed by atoms with van der Waals surface area (Å²) in [5.41, 5.74) is 13.5. The molecular formula is C50H35NO4. The van der Waals surface area contributed by atoms with Crippen molar-refractivity contribution < 1.29 is 8.83 Å². The molecule has 9 aromatic rings. The van der Waals surface area contributed by atoms with E-state index in [1.165, 1.54) is 44.5 Å². The van der Waals surface area contributed by atoms with E-state index in [9.17, 15) is 9.59 Å². The highest BCUT2D eigenvalue weighted by Crippen LogP contribution is 2.53. The van der Waals surface area contributed by atoms with Crippen LogP contribution in [0.2, 0.25) is 0 Å². The summed E-state index contributed by atoms with van der Waals surface area (Å²) in [6, 6.07) is 46.9. The topological polar surface area (TPSA) is 63.7 Å². The Morgan fingerprint density at radius 3 is 1.53 bits per heavy atom. The van der Waals surface area contributed by atoms with Gasteiger partial charge in [0.05, 0.1) is 27.2 Å². The fraction of sp³-hybridized carbons (Fsp3) is 0.120. The van der Waals surface area contributed by atoms with Crippen LogP contribution in [-0.4, -0.2) is 0 Å². The minimum atomic E-state index is -0.219. The van der Waals surface area contributed by atoms with Crippen molar-refractivity contribution >= 4 is 60.9 Å². The second-order valence-electron chi connectivity index (χ2n) is 16.0. The lowest BCUT2D eigenvalue weighted by molar-refractivity contribution is 0.652. The Labute approximate surface area is 316 Å². The fourth-order valence-electron chi connectivity index (χ4n) is 9.42. The van der Waals surface area contributed by atoms with Gasteiger partial charge in [-0.1, -0.05) is 107 Å². The predicted molar refractivity (Wildman–Crippen MR) is 223 cm³/mol. The number of benzene rings is 7. The number of rotatable bonds is 3. The molecule has 2 aliphatic rings. The molecule has 0 N–H and O–H groups in total. The zero-order valence-electron chi connectivity index (χ0n) is 30.9. The van der Waals surface area contributed by atoms with E-state index >= 15 is 0 Å². The Morgan fingerprint density at radius 1 is 0.418 bits per heavy atom. The SMILES string of the molecule is CC1(C)c2ccccc2-c2ccc(N(c3ccc4c(c3)C(C)(C)c3ccccc3-4)c3cccc4c(=O)c5cc6oc7ccccc7c(=O)c6cc5oc34)cc21. The lowest BCUT2D eigenvalue weighted by atomic mass is 9.82. The van der Waals surface area contributed by atoms with Crippen LogP contribution in [0.15, 0.2) is 158 Å². The van der Waals surface area contributed by atoms with Gasteiger partial charge in [-0.2, -0.15) is 0 Å². The van der Waals surface area contributed by atoms with Crippen LogP contribution in [0.5, 0.6) is 0 Å². The molecule has 0 saturated carbocycles. The minimum absolute atomic E-state index is 0.167. The molecule has 264 valence electrons. The maximum absolute atomic E-state index is 14.5. The summed E-state index contributed by atoms with van der Waals surface area (Å²) in [7, 11) is 0. The molecule has 0 saturated heterocycles. The number of para-hydroxylation sites is 2. The highest BCUT2D eigenvalue weighted by molar-refractivity contribution is 6.04. The molecule has 11 rings (SSSR count). The van der Waals surface area contributed by atoms with Crippen molar-refractivity contribution in [2.45, 2.75) is 38.5 Å². The quantitative estimate of drug-likeness (QED) is 0.171. The van der Waals surface area contributed by atoms with Gasteiger partial charge in [0.15, 0.2) is 5.58 Å². The van der Waals surface area contributed by atoms with Crippen LogP contribution in [0, 0.1) is 0 Å². The molecule has 2 aliphatic carbocycles. The molecule has 0 fully saturated rings. The van der Waals surface area contributed by atoms with Gasteiger partial charge >= 0.3 is 0 Å². The van der Waals surface area contributed by atoms with Gasteiger partial charge in [0, 0.05) is 22.2 Å². The lowest BCUT2D eigenvalue weighted by Gasteiger charge is -2.30. The Kier molecular flexibility index (Phi) is 6.31. The van der Waals surface area contributed by atoms with Crippen LogP contribution in [-0.2, 0) is 10.8 Å². The van der Waals surface area contributed by atoms with E-state index in [0.717, 1.165) is 17.1 Å². The third kappa shape index (κ3) is 4.29. The third-order valence-corrected chi connectivity index (χ3v) is 12.3. The number of nitrogens with zero attached hydrogens (tertiary/aromatic N) is 1. The summed E-state index contributed by atoms with van der Waals surface area (Å²) in [5, 5.41) is 1.65. The van der Waals surface area contributed by atoms with Crippen LogP contribution >= 0.6 is 0 Å². The molecule has 2 heterocycles. The van der Waals surface area contributed by atoms with Crippen LogP contribution < -0.4 is 15.8 Å². The van der Waals surface area contributed by atoms with Crippen molar-refractivity contribution in [3.63, 3.8) is 0 Å². The van der Waals surface area contributed by atoms with Crippen molar-refractivity contribution in [1.29, 1.82) is 0 Å². The molecule has 5 nitrogen and oxygen atoms in total. The van der Waals surface area contributed by atoms with E-state index in [0.29, 0.717) is 43.9 Å². The van der Waals surface area contributed by atoms with Crippen LogP contribution in [0.1, 0.15) is 49.9 Å². The Morgan fingerprint density at radius 2 is 0.909 bits per heavy atom. The van der Waals surface area contributed by atoms with Crippen molar-refractivity contribution in [1.82, 2.24) is 0 Å².